The average Bonchev–Trinajstić information content (AvgIpc) is 1.86. The van der Waals surface area contributed by atoms with E-state index in [0.29, 0.717) is 12.5 Å². The van der Waals surface area contributed by atoms with Crippen LogP contribution in [0.15, 0.2) is 0 Å². The lowest BCUT2D eigenvalue weighted by Gasteiger charge is -2.28. The van der Waals surface area contributed by atoms with E-state index in [0.717, 1.165) is 6.42 Å². The van der Waals surface area contributed by atoms with E-state index >= 15 is 0 Å². The maximum Gasteiger partial charge on any atom is 0.0484 e. The second-order valence-electron chi connectivity index (χ2n) is 3.46. The van der Waals surface area contributed by atoms with Gasteiger partial charge in [-0.2, -0.15) is 0 Å². The van der Waals surface area contributed by atoms with Gasteiger partial charge in [-0.3, -0.25) is 0 Å². The molecule has 0 spiro atoms. The Hall–Kier alpha value is -0.0400. The monoisotopic (exact) mass is 130 g/mol. The van der Waals surface area contributed by atoms with Crippen molar-refractivity contribution in [3.63, 3.8) is 0 Å². The molecule has 1 heteroatoms. The van der Waals surface area contributed by atoms with E-state index in [4.69, 9.17) is 5.11 Å². The van der Waals surface area contributed by atoms with Crippen molar-refractivity contribution in [3.05, 3.63) is 0 Å². The lowest BCUT2D eigenvalue weighted by molar-refractivity contribution is 0.103. The summed E-state index contributed by atoms with van der Waals surface area (Å²) >= 11 is 0. The molecule has 9 heavy (non-hydrogen) atoms. The third kappa shape index (κ3) is 2.35. The van der Waals surface area contributed by atoms with Gasteiger partial charge in [0.05, 0.1) is 0 Å². The fourth-order valence-electron chi connectivity index (χ4n) is 0.708. The molecule has 56 valence electrons. The third-order valence-corrected chi connectivity index (χ3v) is 2.35. The molecule has 1 atom stereocenters. The summed E-state index contributed by atoms with van der Waals surface area (Å²) < 4.78 is 0. The van der Waals surface area contributed by atoms with Gasteiger partial charge >= 0.3 is 0 Å². The van der Waals surface area contributed by atoms with Crippen LogP contribution in [0, 0.1) is 11.3 Å². The summed E-state index contributed by atoms with van der Waals surface area (Å²) in [7, 11) is 0. The van der Waals surface area contributed by atoms with Crippen LogP contribution >= 0.6 is 0 Å². The van der Waals surface area contributed by atoms with Crippen LogP contribution in [0.5, 0.6) is 0 Å². The van der Waals surface area contributed by atoms with Gasteiger partial charge in [0.25, 0.3) is 0 Å². The molecule has 0 aliphatic carbocycles. The van der Waals surface area contributed by atoms with Crippen molar-refractivity contribution >= 4 is 0 Å². The van der Waals surface area contributed by atoms with E-state index in [1.807, 2.05) is 0 Å². The highest BCUT2D eigenvalue weighted by Crippen LogP contribution is 2.27. The van der Waals surface area contributed by atoms with Crippen LogP contribution in [0.4, 0.5) is 0 Å². The minimum Gasteiger partial charge on any atom is -0.396 e. The fourth-order valence-corrected chi connectivity index (χ4v) is 0.708. The number of hydrogen-bond acceptors (Lipinski definition) is 1. The Bertz CT molecular complexity index is 76.6. The SMILES string of the molecule is CC[C@H](C)C(C)(C)CO. The van der Waals surface area contributed by atoms with Gasteiger partial charge in [-0.15, -0.1) is 0 Å². The van der Waals surface area contributed by atoms with Gasteiger partial charge in [0, 0.05) is 6.61 Å². The Morgan fingerprint density at radius 3 is 2.00 bits per heavy atom. The topological polar surface area (TPSA) is 20.2 Å². The zero-order chi connectivity index (χ0) is 7.49. The number of aliphatic hydroxyl groups excluding tert-OH is 1. The molecule has 0 heterocycles. The summed E-state index contributed by atoms with van der Waals surface area (Å²) in [6.45, 7) is 8.82. The molecule has 0 saturated carbocycles. The molecule has 0 bridgehead atoms. The summed E-state index contributed by atoms with van der Waals surface area (Å²) in [6, 6.07) is 0. The van der Waals surface area contributed by atoms with Crippen molar-refractivity contribution in [3.8, 4) is 0 Å². The van der Waals surface area contributed by atoms with Gasteiger partial charge < -0.3 is 5.11 Å². The Morgan fingerprint density at radius 1 is 1.44 bits per heavy atom. The maximum absolute atomic E-state index is 8.90. The molecule has 0 aromatic heterocycles. The zero-order valence-corrected chi connectivity index (χ0v) is 6.94. The van der Waals surface area contributed by atoms with Gasteiger partial charge in [-0.25, -0.2) is 0 Å². The smallest absolute Gasteiger partial charge is 0.0484 e. The van der Waals surface area contributed by atoms with Crippen molar-refractivity contribution in [1.29, 1.82) is 0 Å². The van der Waals surface area contributed by atoms with E-state index in [2.05, 4.69) is 27.7 Å². The quantitative estimate of drug-likeness (QED) is 0.620. The minimum atomic E-state index is 0.106. The van der Waals surface area contributed by atoms with Crippen molar-refractivity contribution in [2.45, 2.75) is 34.1 Å². The molecule has 0 fully saturated rings. The molecule has 0 unspecified atom stereocenters. The standard InChI is InChI=1S/C8H18O/c1-5-7(2)8(3,4)6-9/h7,9H,5-6H2,1-4H3/t7-/m0/s1. The molecule has 1 nitrogen and oxygen atoms in total. The molecule has 0 aromatic rings. The molecule has 0 saturated heterocycles. The predicted octanol–water partition coefficient (Wildman–Crippen LogP) is 2.05. The predicted molar refractivity (Wildman–Crippen MR) is 40.3 cm³/mol. The van der Waals surface area contributed by atoms with Gasteiger partial charge in [0.1, 0.15) is 0 Å². The second-order valence-corrected chi connectivity index (χ2v) is 3.46. The van der Waals surface area contributed by atoms with Crippen LogP contribution < -0.4 is 0 Å². The van der Waals surface area contributed by atoms with Gasteiger partial charge in [-0.1, -0.05) is 34.1 Å². The van der Waals surface area contributed by atoms with E-state index in [9.17, 15) is 0 Å². The highest BCUT2D eigenvalue weighted by molar-refractivity contribution is 4.72. The second kappa shape index (κ2) is 3.21. The number of aliphatic hydroxyl groups is 1. The van der Waals surface area contributed by atoms with Crippen LogP contribution in [0.1, 0.15) is 34.1 Å². The Kier molecular flexibility index (Phi) is 3.20. The minimum absolute atomic E-state index is 0.106. The molecule has 0 aromatic carbocycles. The maximum atomic E-state index is 8.90. The summed E-state index contributed by atoms with van der Waals surface area (Å²) in [5.41, 5.74) is 0.106. The number of hydrogen-bond donors (Lipinski definition) is 1. The van der Waals surface area contributed by atoms with E-state index in [1.165, 1.54) is 0 Å². The van der Waals surface area contributed by atoms with Crippen LogP contribution in [0.3, 0.4) is 0 Å². The van der Waals surface area contributed by atoms with Gasteiger partial charge in [-0.05, 0) is 11.3 Å². The first-order valence-corrected chi connectivity index (χ1v) is 3.65. The van der Waals surface area contributed by atoms with Crippen LogP contribution in [0.2, 0.25) is 0 Å². The van der Waals surface area contributed by atoms with Crippen LogP contribution in [0.25, 0.3) is 0 Å². The van der Waals surface area contributed by atoms with Crippen LogP contribution in [-0.4, -0.2) is 11.7 Å². The molecule has 0 radical (unpaired) electrons. The fraction of sp³-hybridized carbons (Fsp3) is 1.00. The third-order valence-electron chi connectivity index (χ3n) is 2.35. The molecule has 0 rings (SSSR count). The molecule has 0 aliphatic rings. The lowest BCUT2D eigenvalue weighted by Crippen LogP contribution is -2.25. The van der Waals surface area contributed by atoms with Crippen molar-refractivity contribution in [1.82, 2.24) is 0 Å². The lowest BCUT2D eigenvalue weighted by atomic mass is 9.79. The van der Waals surface area contributed by atoms with Gasteiger partial charge in [0.2, 0.25) is 0 Å². The molecule has 1 N–H and O–H groups in total. The van der Waals surface area contributed by atoms with E-state index in [1.54, 1.807) is 0 Å². The van der Waals surface area contributed by atoms with Crippen molar-refractivity contribution in [2.75, 3.05) is 6.61 Å². The Balaban J connectivity index is 3.80. The molecular formula is C8H18O. The summed E-state index contributed by atoms with van der Waals surface area (Å²) in [5, 5.41) is 8.90. The van der Waals surface area contributed by atoms with Crippen molar-refractivity contribution in [2.24, 2.45) is 11.3 Å². The first-order chi connectivity index (χ1) is 4.04. The first-order valence-electron chi connectivity index (χ1n) is 3.65. The normalized spacial score (nSPS) is 15.7. The number of rotatable bonds is 3. The van der Waals surface area contributed by atoms with Crippen molar-refractivity contribution < 1.29 is 5.11 Å². The Labute approximate surface area is 58.1 Å². The molecule has 0 amide bonds. The molecular weight excluding hydrogens is 112 g/mol. The van der Waals surface area contributed by atoms with Crippen LogP contribution in [-0.2, 0) is 0 Å². The summed E-state index contributed by atoms with van der Waals surface area (Å²) in [6.07, 6.45) is 1.15. The van der Waals surface area contributed by atoms with E-state index < -0.39 is 0 Å². The highest BCUT2D eigenvalue weighted by Gasteiger charge is 2.22. The molecule has 0 aliphatic heterocycles. The first kappa shape index (κ1) is 8.96. The highest BCUT2D eigenvalue weighted by atomic mass is 16.3. The zero-order valence-electron chi connectivity index (χ0n) is 6.94. The Morgan fingerprint density at radius 2 is 1.89 bits per heavy atom. The summed E-state index contributed by atoms with van der Waals surface area (Å²) in [5.74, 6) is 0.613. The van der Waals surface area contributed by atoms with Gasteiger partial charge in [0.15, 0.2) is 0 Å². The largest absolute Gasteiger partial charge is 0.396 e. The summed E-state index contributed by atoms with van der Waals surface area (Å²) in [4.78, 5) is 0. The van der Waals surface area contributed by atoms with E-state index in [-0.39, 0.29) is 5.41 Å². The average molecular weight is 130 g/mol.